The van der Waals surface area contributed by atoms with E-state index < -0.39 is 18.1 Å². The number of likely N-dealkylation sites (tertiary alicyclic amines) is 1. The Hall–Kier alpha value is -6.83. The van der Waals surface area contributed by atoms with Gasteiger partial charge in [0, 0.05) is 93.7 Å². The maximum absolute atomic E-state index is 14.4. The van der Waals surface area contributed by atoms with E-state index in [0.717, 1.165) is 97.8 Å². The number of piperazine rings is 1. The first-order valence-corrected chi connectivity index (χ1v) is 26.9. The number of para-hydroxylation sites is 1. The number of phenolic OH excluding ortho intramolecular Hbond substituents is 1. The standard InChI is InChI=1S/C55H65N11O7S/c1-31(2)51(55(70)65-29-39(67)22-46(65)54(69)59-32(3)34-9-11-35(12-10-34)52-33(4)58-30-74-52)48-26-49(62-73-48)63-19-16-40(17-20-63)71-41-23-42(24-41)72-50-21-36(15-18-57-50)66-37-13-14-38(66)28-64(27-37)45-25-44(60-61-53(45)56)43-7-5-6-8-47(43)68/h5-12,15,18,21,25-26,30-32,37-42,46,51,67-68H,13-14,16-17,19-20,22-24,27-29H2,1-4H3,(H2,56,61)(H,59,69)/t32-,37+,38?,39+,41?,42?,46-,51-/m0/s1. The normalized spacial score (nSPS) is 23.8. The molecule has 2 amide bonds. The van der Waals surface area contributed by atoms with Crippen molar-refractivity contribution in [2.75, 3.05) is 53.2 Å². The minimum atomic E-state index is -0.817. The van der Waals surface area contributed by atoms with Gasteiger partial charge in [-0.3, -0.25) is 9.59 Å². The molecule has 4 saturated heterocycles. The van der Waals surface area contributed by atoms with Crippen molar-refractivity contribution >= 4 is 46.2 Å². The molecular formula is C55H65N11O7S. The van der Waals surface area contributed by atoms with Crippen LogP contribution in [0.1, 0.15) is 94.7 Å². The van der Waals surface area contributed by atoms with Gasteiger partial charge in [0.05, 0.1) is 51.8 Å². The number of aromatic hydroxyl groups is 1. The zero-order chi connectivity index (χ0) is 51.2. The summed E-state index contributed by atoms with van der Waals surface area (Å²) in [6, 6.07) is 22.6. The van der Waals surface area contributed by atoms with Gasteiger partial charge in [0.2, 0.25) is 17.7 Å². The highest BCUT2D eigenvalue weighted by atomic mass is 32.1. The lowest BCUT2D eigenvalue weighted by molar-refractivity contribution is -0.141. The largest absolute Gasteiger partial charge is 0.507 e. The smallest absolute Gasteiger partial charge is 0.243 e. The molecule has 11 rings (SSSR count). The molecule has 4 aliphatic heterocycles. The summed E-state index contributed by atoms with van der Waals surface area (Å²) in [6.45, 7) is 10.9. The SMILES string of the molecule is Cc1ncsc1-c1ccc([C@H](C)NC(=O)[C@@H]2C[C@@H](O)CN2C(=O)[C@H](c2cc(N3CCC(OC4CC(Oc5cc(N6C7CC[C@@H]6CN(c6cc(-c8ccccc8O)nnc6N)C7)ccn5)C4)CC3)no2)C(C)C)cc1. The number of pyridine rings is 1. The number of nitrogens with one attached hydrogen (secondary N) is 1. The van der Waals surface area contributed by atoms with Crippen molar-refractivity contribution in [3.05, 3.63) is 102 Å². The first kappa shape index (κ1) is 49.4. The number of aliphatic hydroxyl groups excluding tert-OH is 1. The van der Waals surface area contributed by atoms with Crippen LogP contribution in [0, 0.1) is 12.8 Å². The fourth-order valence-electron chi connectivity index (χ4n) is 11.7. The molecule has 1 aliphatic carbocycles. The number of aromatic nitrogens is 5. The van der Waals surface area contributed by atoms with Gasteiger partial charge in [0.25, 0.3) is 0 Å². The molecule has 4 aromatic heterocycles. The van der Waals surface area contributed by atoms with E-state index in [0.29, 0.717) is 34.5 Å². The van der Waals surface area contributed by atoms with E-state index in [2.05, 4.69) is 57.5 Å². The summed E-state index contributed by atoms with van der Waals surface area (Å²) >= 11 is 1.59. The van der Waals surface area contributed by atoms with E-state index in [4.69, 9.17) is 19.7 Å². The van der Waals surface area contributed by atoms with E-state index in [9.17, 15) is 19.8 Å². The maximum atomic E-state index is 14.4. The van der Waals surface area contributed by atoms with Crippen molar-refractivity contribution in [3.8, 4) is 33.3 Å². The topological polar surface area (TPSA) is 222 Å². The predicted molar refractivity (Wildman–Crippen MR) is 282 cm³/mol. The monoisotopic (exact) mass is 1020 g/mol. The number of piperidine rings is 1. The van der Waals surface area contributed by atoms with Crippen LogP contribution < -0.4 is 30.5 Å². The Morgan fingerprint density at radius 3 is 2.34 bits per heavy atom. The average Bonchev–Trinajstić information content (AvgIpc) is 4.20. The van der Waals surface area contributed by atoms with Crippen LogP contribution in [0.4, 0.5) is 23.0 Å². The van der Waals surface area contributed by atoms with Crippen LogP contribution in [0.15, 0.2) is 89.0 Å². The first-order chi connectivity index (χ1) is 35.8. The van der Waals surface area contributed by atoms with Gasteiger partial charge in [-0.2, -0.15) is 0 Å². The number of phenols is 1. The molecule has 74 heavy (non-hydrogen) atoms. The van der Waals surface area contributed by atoms with Gasteiger partial charge in [0.1, 0.15) is 23.8 Å². The Morgan fingerprint density at radius 1 is 0.865 bits per heavy atom. The van der Waals surface area contributed by atoms with Gasteiger partial charge in [-0.25, -0.2) is 9.97 Å². The Kier molecular flexibility index (Phi) is 13.9. The number of ether oxygens (including phenoxy) is 2. The van der Waals surface area contributed by atoms with Gasteiger partial charge in [-0.15, -0.1) is 21.5 Å². The number of hydrogen-bond acceptors (Lipinski definition) is 17. The molecule has 2 bridgehead atoms. The number of β-amino-alcohol motifs (C(OH)–C–C–N with tert-alkyl or cyclic N) is 1. The maximum Gasteiger partial charge on any atom is 0.243 e. The number of nitrogen functional groups attached to an aromatic ring is 1. The summed E-state index contributed by atoms with van der Waals surface area (Å²) < 4.78 is 18.9. The first-order valence-electron chi connectivity index (χ1n) is 26.1. The number of amides is 2. The molecule has 6 aromatic rings. The number of aliphatic hydroxyl groups is 1. The Labute approximate surface area is 434 Å². The van der Waals surface area contributed by atoms with Gasteiger partial charge < -0.3 is 54.9 Å². The summed E-state index contributed by atoms with van der Waals surface area (Å²) in [4.78, 5) is 46.8. The lowest BCUT2D eigenvalue weighted by atomic mass is 9.91. The minimum absolute atomic E-state index is 0.0293. The molecule has 0 spiro atoms. The number of nitrogens with two attached hydrogens (primary N) is 1. The highest BCUT2D eigenvalue weighted by Crippen LogP contribution is 2.41. The summed E-state index contributed by atoms with van der Waals surface area (Å²) in [5.41, 5.74) is 14.4. The third-order valence-electron chi connectivity index (χ3n) is 15.7. The number of rotatable bonds is 15. The van der Waals surface area contributed by atoms with E-state index in [1.165, 1.54) is 4.90 Å². The van der Waals surface area contributed by atoms with Gasteiger partial charge >= 0.3 is 0 Å². The summed E-state index contributed by atoms with van der Waals surface area (Å²) in [5, 5.41) is 37.3. The second kappa shape index (κ2) is 20.8. The zero-order valence-corrected chi connectivity index (χ0v) is 43.1. The molecule has 5 aliphatic rings. The molecule has 0 radical (unpaired) electrons. The fourth-order valence-corrected chi connectivity index (χ4v) is 12.5. The number of anilines is 4. The summed E-state index contributed by atoms with van der Waals surface area (Å²) in [6.07, 6.45) is 6.82. The van der Waals surface area contributed by atoms with Crippen molar-refractivity contribution in [1.82, 2.24) is 35.5 Å². The molecule has 6 atom stereocenters. The highest BCUT2D eigenvalue weighted by Gasteiger charge is 2.45. The van der Waals surface area contributed by atoms with Crippen LogP contribution >= 0.6 is 11.3 Å². The number of hydrogen-bond donors (Lipinski definition) is 4. The van der Waals surface area contributed by atoms with Gasteiger partial charge in [-0.05, 0) is 80.8 Å². The number of benzene rings is 2. The number of fused-ring (bicyclic) bond motifs is 2. The van der Waals surface area contributed by atoms with E-state index in [1.54, 1.807) is 23.5 Å². The zero-order valence-electron chi connectivity index (χ0n) is 42.3. The fraction of sp³-hybridized carbons (Fsp3) is 0.473. The quantitative estimate of drug-likeness (QED) is 0.0794. The molecule has 8 heterocycles. The molecule has 5 fully saturated rings. The van der Waals surface area contributed by atoms with Crippen LogP contribution in [-0.2, 0) is 14.3 Å². The number of nitrogens with zero attached hydrogens (tertiary/aromatic N) is 9. The molecule has 19 heteroatoms. The third-order valence-corrected chi connectivity index (χ3v) is 16.7. The lowest BCUT2D eigenvalue weighted by Gasteiger charge is -2.43. The predicted octanol–water partition coefficient (Wildman–Crippen LogP) is 7.28. The van der Waals surface area contributed by atoms with E-state index in [1.807, 2.05) is 87.9 Å². The van der Waals surface area contributed by atoms with E-state index in [-0.39, 0.29) is 72.9 Å². The Morgan fingerprint density at radius 2 is 1.62 bits per heavy atom. The third kappa shape index (κ3) is 10.1. The number of carbonyl (C=O) groups excluding carboxylic acids is 2. The molecule has 388 valence electrons. The van der Waals surface area contributed by atoms with Crippen molar-refractivity contribution in [2.45, 2.75) is 127 Å². The number of aryl methyl sites for hydroxylation is 1. The second-order valence-electron chi connectivity index (χ2n) is 21.0. The summed E-state index contributed by atoms with van der Waals surface area (Å²) in [5.74, 6) is 0.888. The van der Waals surface area contributed by atoms with Crippen molar-refractivity contribution < 1.29 is 33.8 Å². The van der Waals surface area contributed by atoms with E-state index >= 15 is 0 Å². The molecule has 1 unspecified atom stereocenters. The molecule has 2 aromatic carbocycles. The number of thiazole rings is 1. The van der Waals surface area contributed by atoms with Crippen LogP contribution in [0.25, 0.3) is 21.7 Å². The minimum Gasteiger partial charge on any atom is -0.507 e. The van der Waals surface area contributed by atoms with Crippen molar-refractivity contribution in [1.29, 1.82) is 0 Å². The molecule has 1 saturated carbocycles. The van der Waals surface area contributed by atoms with Crippen LogP contribution in [0.5, 0.6) is 11.6 Å². The average molecular weight is 1020 g/mol. The Balaban J connectivity index is 0.642. The highest BCUT2D eigenvalue weighted by molar-refractivity contribution is 7.13. The molecule has 18 nitrogen and oxygen atoms in total. The van der Waals surface area contributed by atoms with Gasteiger partial charge in [-0.1, -0.05) is 55.4 Å². The lowest BCUT2D eigenvalue weighted by Crippen LogP contribution is -2.54. The Bertz CT molecular complexity index is 2940. The molecular weight excluding hydrogens is 959 g/mol. The molecule has 5 N–H and O–H groups in total. The van der Waals surface area contributed by atoms with Crippen molar-refractivity contribution in [2.24, 2.45) is 5.92 Å². The van der Waals surface area contributed by atoms with Gasteiger partial charge in [0.15, 0.2) is 17.4 Å². The van der Waals surface area contributed by atoms with Crippen LogP contribution in [0.2, 0.25) is 0 Å². The van der Waals surface area contributed by atoms with Crippen LogP contribution in [0.3, 0.4) is 0 Å². The van der Waals surface area contributed by atoms with Crippen LogP contribution in [-0.4, -0.2) is 128 Å². The van der Waals surface area contributed by atoms with Crippen molar-refractivity contribution in [3.63, 3.8) is 0 Å². The summed E-state index contributed by atoms with van der Waals surface area (Å²) in [7, 11) is 0. The second-order valence-corrected chi connectivity index (χ2v) is 21.9. The number of carbonyl (C=O) groups is 2.